The molecule has 1 amide bonds. The highest BCUT2D eigenvalue weighted by atomic mass is 16.2. The van der Waals surface area contributed by atoms with E-state index < -0.39 is 0 Å². The van der Waals surface area contributed by atoms with Crippen molar-refractivity contribution in [3.8, 4) is 11.4 Å². The molecule has 1 fully saturated rings. The van der Waals surface area contributed by atoms with Gasteiger partial charge in [-0.1, -0.05) is 19.1 Å². The fourth-order valence-electron chi connectivity index (χ4n) is 3.64. The van der Waals surface area contributed by atoms with Crippen molar-refractivity contribution in [2.75, 3.05) is 23.3 Å². The van der Waals surface area contributed by atoms with Gasteiger partial charge < -0.3 is 15.2 Å². The summed E-state index contributed by atoms with van der Waals surface area (Å²) in [6, 6.07) is 8.90. The highest BCUT2D eigenvalue weighted by Crippen LogP contribution is 2.24. The number of carbonyl (C=O) groups excluding carboxylic acids is 1. The second-order valence-electron chi connectivity index (χ2n) is 7.33. The standard InChI is InChI=1S/C22H24N6O2/c1-2-17-13-20(29)27-21(25-17)16-4-3-5-18(12-16)26-22(30)15-6-10-28(11-7-15)19-14-23-8-9-24-19/h3-5,8-9,12-15H,2,6-7,10-11H2,1H3,(H,26,30)(H,25,27,29). The Morgan fingerprint density at radius 2 is 2.07 bits per heavy atom. The van der Waals surface area contributed by atoms with Gasteiger partial charge >= 0.3 is 0 Å². The van der Waals surface area contributed by atoms with E-state index in [2.05, 4.69) is 30.2 Å². The molecule has 1 aliphatic rings. The number of hydrogen-bond donors (Lipinski definition) is 2. The van der Waals surface area contributed by atoms with Crippen LogP contribution in [-0.2, 0) is 11.2 Å². The van der Waals surface area contributed by atoms with Gasteiger partial charge in [0.25, 0.3) is 5.56 Å². The van der Waals surface area contributed by atoms with Gasteiger partial charge in [0.05, 0.1) is 6.20 Å². The van der Waals surface area contributed by atoms with Gasteiger partial charge in [-0.25, -0.2) is 9.97 Å². The van der Waals surface area contributed by atoms with E-state index in [0.717, 1.165) is 43.0 Å². The fraction of sp³-hybridized carbons (Fsp3) is 0.318. The van der Waals surface area contributed by atoms with Crippen molar-refractivity contribution >= 4 is 17.4 Å². The monoisotopic (exact) mass is 404 g/mol. The Morgan fingerprint density at radius 1 is 1.23 bits per heavy atom. The number of hydrogen-bond acceptors (Lipinski definition) is 6. The van der Waals surface area contributed by atoms with Gasteiger partial charge in [-0.3, -0.25) is 14.6 Å². The quantitative estimate of drug-likeness (QED) is 0.678. The summed E-state index contributed by atoms with van der Waals surface area (Å²) in [5, 5.41) is 3.01. The molecule has 8 heteroatoms. The van der Waals surface area contributed by atoms with Crippen LogP contribution >= 0.6 is 0 Å². The summed E-state index contributed by atoms with van der Waals surface area (Å²) in [4.78, 5) is 42.5. The van der Waals surface area contributed by atoms with E-state index in [1.165, 1.54) is 6.07 Å². The molecule has 1 aromatic carbocycles. The molecule has 4 rings (SSSR count). The van der Waals surface area contributed by atoms with Crippen LogP contribution in [0.25, 0.3) is 11.4 Å². The Kier molecular flexibility index (Phi) is 5.83. The van der Waals surface area contributed by atoms with Crippen LogP contribution in [0.15, 0.2) is 53.7 Å². The molecule has 0 saturated carbocycles. The van der Waals surface area contributed by atoms with Crippen molar-refractivity contribution in [3.05, 3.63) is 65.0 Å². The average molecular weight is 404 g/mol. The lowest BCUT2D eigenvalue weighted by molar-refractivity contribution is -0.120. The maximum Gasteiger partial charge on any atom is 0.251 e. The fourth-order valence-corrected chi connectivity index (χ4v) is 3.64. The van der Waals surface area contributed by atoms with Gasteiger partial charge in [0.15, 0.2) is 0 Å². The van der Waals surface area contributed by atoms with Crippen LogP contribution < -0.4 is 15.8 Å². The minimum Gasteiger partial charge on any atom is -0.355 e. The number of piperidine rings is 1. The predicted octanol–water partition coefficient (Wildman–Crippen LogP) is 2.64. The zero-order chi connectivity index (χ0) is 20.9. The highest BCUT2D eigenvalue weighted by Gasteiger charge is 2.25. The van der Waals surface area contributed by atoms with Crippen LogP contribution in [0.1, 0.15) is 25.5 Å². The number of nitrogens with one attached hydrogen (secondary N) is 2. The van der Waals surface area contributed by atoms with E-state index in [-0.39, 0.29) is 17.4 Å². The maximum absolute atomic E-state index is 12.8. The topological polar surface area (TPSA) is 104 Å². The largest absolute Gasteiger partial charge is 0.355 e. The van der Waals surface area contributed by atoms with Gasteiger partial charge in [0, 0.05) is 54.4 Å². The normalized spacial score (nSPS) is 14.5. The van der Waals surface area contributed by atoms with Crippen molar-refractivity contribution in [3.63, 3.8) is 0 Å². The minimum absolute atomic E-state index is 0.00899. The van der Waals surface area contributed by atoms with Crippen LogP contribution in [0.5, 0.6) is 0 Å². The van der Waals surface area contributed by atoms with Crippen LogP contribution in [0, 0.1) is 5.92 Å². The molecule has 1 aliphatic heterocycles. The number of anilines is 2. The first-order valence-corrected chi connectivity index (χ1v) is 10.1. The van der Waals surface area contributed by atoms with E-state index in [0.29, 0.717) is 17.9 Å². The number of amides is 1. The smallest absolute Gasteiger partial charge is 0.251 e. The molecule has 3 aromatic rings. The first-order valence-electron chi connectivity index (χ1n) is 10.1. The Morgan fingerprint density at radius 3 is 2.80 bits per heavy atom. The molecular weight excluding hydrogens is 380 g/mol. The second-order valence-corrected chi connectivity index (χ2v) is 7.33. The van der Waals surface area contributed by atoms with Crippen molar-refractivity contribution in [2.24, 2.45) is 5.92 Å². The zero-order valence-electron chi connectivity index (χ0n) is 16.8. The first-order chi connectivity index (χ1) is 14.6. The molecule has 2 N–H and O–H groups in total. The summed E-state index contributed by atoms with van der Waals surface area (Å²) in [5.41, 5.74) is 2.01. The third-order valence-electron chi connectivity index (χ3n) is 5.30. The summed E-state index contributed by atoms with van der Waals surface area (Å²) in [6.07, 6.45) is 7.28. The van der Waals surface area contributed by atoms with Gasteiger partial charge in [0.2, 0.25) is 5.91 Å². The van der Waals surface area contributed by atoms with E-state index in [1.807, 2.05) is 31.2 Å². The lowest BCUT2D eigenvalue weighted by Gasteiger charge is -2.31. The molecule has 2 aromatic heterocycles. The Labute approximate surface area is 174 Å². The van der Waals surface area contributed by atoms with Crippen molar-refractivity contribution in [2.45, 2.75) is 26.2 Å². The molecule has 8 nitrogen and oxygen atoms in total. The molecule has 154 valence electrons. The predicted molar refractivity (Wildman–Crippen MR) is 115 cm³/mol. The third-order valence-corrected chi connectivity index (χ3v) is 5.30. The minimum atomic E-state index is -0.179. The molecule has 3 heterocycles. The molecule has 0 radical (unpaired) electrons. The van der Waals surface area contributed by atoms with E-state index in [9.17, 15) is 9.59 Å². The molecule has 1 saturated heterocycles. The molecular formula is C22H24N6O2. The number of H-pyrrole nitrogens is 1. The van der Waals surface area contributed by atoms with Gasteiger partial charge in [-0.05, 0) is 31.4 Å². The summed E-state index contributed by atoms with van der Waals surface area (Å²) in [7, 11) is 0. The van der Waals surface area contributed by atoms with Crippen molar-refractivity contribution < 1.29 is 4.79 Å². The number of nitrogens with zero attached hydrogens (tertiary/aromatic N) is 4. The highest BCUT2D eigenvalue weighted by molar-refractivity contribution is 5.93. The lowest BCUT2D eigenvalue weighted by atomic mass is 9.96. The van der Waals surface area contributed by atoms with Crippen molar-refractivity contribution in [1.82, 2.24) is 19.9 Å². The number of aromatic nitrogens is 4. The van der Waals surface area contributed by atoms with E-state index >= 15 is 0 Å². The van der Waals surface area contributed by atoms with Gasteiger partial charge in [0.1, 0.15) is 11.6 Å². The number of aromatic amines is 1. The van der Waals surface area contributed by atoms with Gasteiger partial charge in [-0.15, -0.1) is 0 Å². The SMILES string of the molecule is CCc1cc(=O)[nH]c(-c2cccc(NC(=O)C3CCN(c4cnccn4)CC3)c2)n1. The van der Waals surface area contributed by atoms with Gasteiger partial charge in [-0.2, -0.15) is 0 Å². The van der Waals surface area contributed by atoms with Crippen LogP contribution in [0.4, 0.5) is 11.5 Å². The summed E-state index contributed by atoms with van der Waals surface area (Å²) >= 11 is 0. The van der Waals surface area contributed by atoms with E-state index in [1.54, 1.807) is 18.6 Å². The first kappa shape index (κ1) is 19.8. The number of benzene rings is 1. The Balaban J connectivity index is 1.41. The second kappa shape index (κ2) is 8.86. The van der Waals surface area contributed by atoms with E-state index in [4.69, 9.17) is 0 Å². The number of rotatable bonds is 5. The molecule has 0 atom stereocenters. The molecule has 30 heavy (non-hydrogen) atoms. The third kappa shape index (κ3) is 4.53. The molecule has 0 spiro atoms. The Bertz CT molecular complexity index is 1070. The summed E-state index contributed by atoms with van der Waals surface area (Å²) in [6.45, 7) is 3.50. The van der Waals surface area contributed by atoms with Crippen molar-refractivity contribution in [1.29, 1.82) is 0 Å². The number of carbonyl (C=O) groups is 1. The summed E-state index contributed by atoms with van der Waals surface area (Å²) < 4.78 is 0. The number of aryl methyl sites for hydroxylation is 1. The molecule has 0 bridgehead atoms. The summed E-state index contributed by atoms with van der Waals surface area (Å²) in [5.74, 6) is 1.31. The average Bonchev–Trinajstić information content (AvgIpc) is 2.79. The van der Waals surface area contributed by atoms with Crippen LogP contribution in [0.2, 0.25) is 0 Å². The Hall–Kier alpha value is -3.55. The van der Waals surface area contributed by atoms with Crippen LogP contribution in [-0.4, -0.2) is 38.9 Å². The molecule has 0 unspecified atom stereocenters. The maximum atomic E-state index is 12.8. The molecule has 0 aliphatic carbocycles. The lowest BCUT2D eigenvalue weighted by Crippen LogP contribution is -2.38. The zero-order valence-corrected chi connectivity index (χ0v) is 16.8. The van der Waals surface area contributed by atoms with Crippen LogP contribution in [0.3, 0.4) is 0 Å².